The molecule has 0 radical (unpaired) electrons. The number of anilines is 1. The quantitative estimate of drug-likeness (QED) is 0.719. The molecule has 0 aliphatic heterocycles. The summed E-state index contributed by atoms with van der Waals surface area (Å²) in [5.74, 6) is 0.208. The monoisotopic (exact) mass is 250 g/mol. The lowest BCUT2D eigenvalue weighted by Crippen LogP contribution is -2.37. The second-order valence-electron chi connectivity index (χ2n) is 5.48. The summed E-state index contributed by atoms with van der Waals surface area (Å²) in [5.41, 5.74) is 1.49. The zero-order valence-electron chi connectivity index (χ0n) is 11.5. The highest BCUT2D eigenvalue weighted by Crippen LogP contribution is 2.20. The van der Waals surface area contributed by atoms with Gasteiger partial charge in [-0.3, -0.25) is 4.79 Å². The molecule has 0 bridgehead atoms. The molecule has 100 valence electrons. The highest BCUT2D eigenvalue weighted by molar-refractivity contribution is 5.91. The standard InChI is InChI=1S/C14H22N2O2/c1-10-9-11(5-6-12(10)17)16-13(18)7-8-15-14(2,3)4/h5-6,9,15,17H,7-8H2,1-4H3,(H,16,18). The van der Waals surface area contributed by atoms with Crippen LogP contribution in [0.25, 0.3) is 0 Å². The van der Waals surface area contributed by atoms with Gasteiger partial charge in [0, 0.05) is 24.2 Å². The van der Waals surface area contributed by atoms with E-state index in [2.05, 4.69) is 31.4 Å². The molecule has 4 nitrogen and oxygen atoms in total. The maximum atomic E-state index is 11.7. The molecule has 1 aromatic carbocycles. The van der Waals surface area contributed by atoms with Gasteiger partial charge in [0.15, 0.2) is 0 Å². The van der Waals surface area contributed by atoms with Gasteiger partial charge in [0.1, 0.15) is 5.75 Å². The van der Waals surface area contributed by atoms with Crippen LogP contribution in [-0.2, 0) is 4.79 Å². The Morgan fingerprint density at radius 3 is 2.56 bits per heavy atom. The number of benzene rings is 1. The van der Waals surface area contributed by atoms with Crippen LogP contribution in [0.1, 0.15) is 32.8 Å². The molecule has 0 fully saturated rings. The smallest absolute Gasteiger partial charge is 0.225 e. The van der Waals surface area contributed by atoms with Gasteiger partial charge in [0.05, 0.1) is 0 Å². The van der Waals surface area contributed by atoms with Gasteiger partial charge in [0.25, 0.3) is 0 Å². The number of rotatable bonds is 4. The summed E-state index contributed by atoms with van der Waals surface area (Å²) >= 11 is 0. The summed E-state index contributed by atoms with van der Waals surface area (Å²) in [6.07, 6.45) is 0.428. The maximum Gasteiger partial charge on any atom is 0.225 e. The Bertz CT molecular complexity index is 422. The molecule has 1 aromatic rings. The van der Waals surface area contributed by atoms with Gasteiger partial charge in [0.2, 0.25) is 5.91 Å². The van der Waals surface area contributed by atoms with Gasteiger partial charge < -0.3 is 15.7 Å². The number of phenols is 1. The van der Waals surface area contributed by atoms with Crippen molar-refractivity contribution >= 4 is 11.6 Å². The number of carbonyl (C=O) groups excluding carboxylic acids is 1. The van der Waals surface area contributed by atoms with E-state index in [9.17, 15) is 9.90 Å². The first-order valence-corrected chi connectivity index (χ1v) is 6.12. The van der Waals surface area contributed by atoms with Gasteiger partial charge in [-0.2, -0.15) is 0 Å². The Morgan fingerprint density at radius 2 is 2.00 bits per heavy atom. The summed E-state index contributed by atoms with van der Waals surface area (Å²) in [4.78, 5) is 11.7. The summed E-state index contributed by atoms with van der Waals surface area (Å²) < 4.78 is 0. The first-order valence-electron chi connectivity index (χ1n) is 6.12. The highest BCUT2D eigenvalue weighted by Gasteiger charge is 2.09. The minimum Gasteiger partial charge on any atom is -0.508 e. The van der Waals surface area contributed by atoms with E-state index < -0.39 is 0 Å². The first-order chi connectivity index (χ1) is 8.28. The van der Waals surface area contributed by atoms with Crippen molar-refractivity contribution in [1.82, 2.24) is 5.32 Å². The van der Waals surface area contributed by atoms with Crippen molar-refractivity contribution in [3.63, 3.8) is 0 Å². The van der Waals surface area contributed by atoms with Crippen molar-refractivity contribution in [3.05, 3.63) is 23.8 Å². The molecule has 1 amide bonds. The van der Waals surface area contributed by atoms with Crippen LogP contribution in [-0.4, -0.2) is 23.1 Å². The lowest BCUT2D eigenvalue weighted by Gasteiger charge is -2.20. The van der Waals surface area contributed by atoms with Crippen molar-refractivity contribution < 1.29 is 9.90 Å². The third-order valence-corrected chi connectivity index (χ3v) is 2.49. The molecular formula is C14H22N2O2. The molecule has 0 spiro atoms. The van der Waals surface area contributed by atoms with Crippen molar-refractivity contribution in [2.24, 2.45) is 0 Å². The average Bonchev–Trinajstić information content (AvgIpc) is 2.21. The van der Waals surface area contributed by atoms with Crippen molar-refractivity contribution in [1.29, 1.82) is 0 Å². The molecule has 0 saturated carbocycles. The van der Waals surface area contributed by atoms with Crippen LogP contribution < -0.4 is 10.6 Å². The second-order valence-corrected chi connectivity index (χ2v) is 5.48. The van der Waals surface area contributed by atoms with Crippen molar-refractivity contribution in [2.45, 2.75) is 39.7 Å². The summed E-state index contributed by atoms with van der Waals surface area (Å²) in [7, 11) is 0. The summed E-state index contributed by atoms with van der Waals surface area (Å²) in [6, 6.07) is 5.03. The summed E-state index contributed by atoms with van der Waals surface area (Å²) in [5, 5.41) is 15.5. The molecule has 0 unspecified atom stereocenters. The van der Waals surface area contributed by atoms with E-state index in [4.69, 9.17) is 0 Å². The predicted molar refractivity (Wildman–Crippen MR) is 73.8 cm³/mol. The van der Waals surface area contributed by atoms with E-state index in [0.717, 1.165) is 5.56 Å². The van der Waals surface area contributed by atoms with E-state index in [1.165, 1.54) is 0 Å². The zero-order chi connectivity index (χ0) is 13.8. The highest BCUT2D eigenvalue weighted by atomic mass is 16.3. The Morgan fingerprint density at radius 1 is 1.33 bits per heavy atom. The largest absolute Gasteiger partial charge is 0.508 e. The van der Waals surface area contributed by atoms with Crippen molar-refractivity contribution in [3.8, 4) is 5.75 Å². The van der Waals surface area contributed by atoms with Gasteiger partial charge in [-0.1, -0.05) is 0 Å². The minimum atomic E-state index is -0.0307. The maximum absolute atomic E-state index is 11.7. The number of aryl methyl sites for hydroxylation is 1. The van der Waals surface area contributed by atoms with Gasteiger partial charge in [-0.25, -0.2) is 0 Å². The van der Waals surface area contributed by atoms with Crippen molar-refractivity contribution in [2.75, 3.05) is 11.9 Å². The number of hydrogen-bond acceptors (Lipinski definition) is 3. The molecule has 0 atom stereocenters. The van der Waals surface area contributed by atoms with Crippen LogP contribution in [0.15, 0.2) is 18.2 Å². The molecule has 1 rings (SSSR count). The molecule has 18 heavy (non-hydrogen) atoms. The third-order valence-electron chi connectivity index (χ3n) is 2.49. The van der Waals surface area contributed by atoms with E-state index in [1.807, 2.05) is 0 Å². The van der Waals surface area contributed by atoms with Crippen LogP contribution in [0.5, 0.6) is 5.75 Å². The number of nitrogens with one attached hydrogen (secondary N) is 2. The topological polar surface area (TPSA) is 61.4 Å². The predicted octanol–water partition coefficient (Wildman–Crippen LogP) is 2.42. The average molecular weight is 250 g/mol. The fraction of sp³-hybridized carbons (Fsp3) is 0.500. The van der Waals surface area contributed by atoms with Crippen LogP contribution >= 0.6 is 0 Å². The van der Waals surface area contributed by atoms with Gasteiger partial charge in [-0.15, -0.1) is 0 Å². The molecule has 4 heteroatoms. The lowest BCUT2D eigenvalue weighted by atomic mass is 10.1. The van der Waals surface area contributed by atoms with Crippen LogP contribution in [0, 0.1) is 6.92 Å². The molecule has 0 aliphatic carbocycles. The molecule has 3 N–H and O–H groups in total. The Hall–Kier alpha value is -1.55. The fourth-order valence-electron chi connectivity index (χ4n) is 1.51. The SMILES string of the molecule is Cc1cc(NC(=O)CCNC(C)(C)C)ccc1O. The lowest BCUT2D eigenvalue weighted by molar-refractivity contribution is -0.116. The molecule has 0 aromatic heterocycles. The fourth-order valence-corrected chi connectivity index (χ4v) is 1.51. The van der Waals surface area contributed by atoms with Crippen LogP contribution in [0.4, 0.5) is 5.69 Å². The van der Waals surface area contributed by atoms with Gasteiger partial charge in [-0.05, 0) is 51.5 Å². The third kappa shape index (κ3) is 5.19. The zero-order valence-corrected chi connectivity index (χ0v) is 11.5. The first kappa shape index (κ1) is 14.5. The Balaban J connectivity index is 2.42. The Labute approximate surface area is 108 Å². The number of aromatic hydroxyl groups is 1. The summed E-state index contributed by atoms with van der Waals surface area (Å²) in [6.45, 7) is 8.63. The molecule has 0 saturated heterocycles. The number of amides is 1. The molecule has 0 aliphatic rings. The van der Waals surface area contributed by atoms with E-state index in [1.54, 1.807) is 25.1 Å². The second kappa shape index (κ2) is 5.87. The van der Waals surface area contributed by atoms with E-state index >= 15 is 0 Å². The van der Waals surface area contributed by atoms with Crippen LogP contribution in [0.3, 0.4) is 0 Å². The van der Waals surface area contributed by atoms with Crippen LogP contribution in [0.2, 0.25) is 0 Å². The normalized spacial score (nSPS) is 11.3. The van der Waals surface area contributed by atoms with Gasteiger partial charge >= 0.3 is 0 Å². The molecular weight excluding hydrogens is 228 g/mol. The molecule has 0 heterocycles. The van der Waals surface area contributed by atoms with E-state index in [0.29, 0.717) is 18.7 Å². The number of phenolic OH excluding ortho intramolecular Hbond substituents is 1. The minimum absolute atomic E-state index is 0.0232. The number of hydrogen-bond donors (Lipinski definition) is 3. The Kier molecular flexibility index (Phi) is 4.73. The number of carbonyl (C=O) groups is 1. The van der Waals surface area contributed by atoms with E-state index in [-0.39, 0.29) is 17.2 Å².